The van der Waals surface area contributed by atoms with Gasteiger partial charge in [0.05, 0.1) is 11.3 Å². The van der Waals surface area contributed by atoms with Gasteiger partial charge in [0.2, 0.25) is 5.91 Å². The average molecular weight is 616 g/mol. The Morgan fingerprint density at radius 2 is 1.67 bits per heavy atom. The summed E-state index contributed by atoms with van der Waals surface area (Å²) in [5, 5.41) is 10.4. The molecule has 6 nitrogen and oxygen atoms in total. The average Bonchev–Trinajstić information content (AvgIpc) is 3.75. The van der Waals surface area contributed by atoms with E-state index in [1.54, 1.807) is 22.7 Å². The van der Waals surface area contributed by atoms with Crippen molar-refractivity contribution in [3.8, 4) is 22.5 Å². The van der Waals surface area contributed by atoms with Gasteiger partial charge in [-0.05, 0) is 60.4 Å². The van der Waals surface area contributed by atoms with Gasteiger partial charge in [-0.2, -0.15) is 0 Å². The molecule has 43 heavy (non-hydrogen) atoms. The van der Waals surface area contributed by atoms with Crippen molar-refractivity contribution in [3.63, 3.8) is 0 Å². The molecule has 228 valence electrons. The molecule has 0 fully saturated rings. The molecule has 0 unspecified atom stereocenters. The molecule has 0 radical (unpaired) electrons. The highest BCUT2D eigenvalue weighted by Gasteiger charge is 2.14. The van der Waals surface area contributed by atoms with E-state index in [-0.39, 0.29) is 5.91 Å². The lowest BCUT2D eigenvalue weighted by atomic mass is 10.1. The molecule has 0 saturated heterocycles. The van der Waals surface area contributed by atoms with Crippen molar-refractivity contribution in [1.29, 1.82) is 0 Å². The standard InChI is InChI=1S/C25H28N4OS.C6H7NS.C2H6.C2H4/c1-5-6-8-21-18(4)27-25(22-9-7-14-31-22)29-24(21)28-20-12-10-19(11-13-20)15-23(30)26-16-17(2)3;1-5(7)6-3-2-4-8-6;2*1-2/h7,9-14,17H,8,15-16H2,1-4H3,(H,26,30)(H,27,28,29);2-4H,1,7H2;1-2H3;1-2H2. The number of rotatable bonds is 9. The van der Waals surface area contributed by atoms with Crippen LogP contribution in [0, 0.1) is 24.7 Å². The maximum absolute atomic E-state index is 12.1. The zero-order chi connectivity index (χ0) is 32.2. The topological polar surface area (TPSA) is 92.9 Å². The van der Waals surface area contributed by atoms with Crippen LogP contribution in [0.15, 0.2) is 79.0 Å². The summed E-state index contributed by atoms with van der Waals surface area (Å²) in [6.07, 6.45) is 0.961. The van der Waals surface area contributed by atoms with E-state index in [2.05, 4.69) is 56.1 Å². The first-order valence-electron chi connectivity index (χ1n) is 14.2. The quantitative estimate of drug-likeness (QED) is 0.129. The number of aromatic nitrogens is 2. The van der Waals surface area contributed by atoms with Crippen molar-refractivity contribution in [2.75, 3.05) is 11.9 Å². The van der Waals surface area contributed by atoms with E-state index >= 15 is 0 Å². The fraction of sp³-hybridized carbons (Fsp3) is 0.286. The highest BCUT2D eigenvalue weighted by Crippen LogP contribution is 2.28. The summed E-state index contributed by atoms with van der Waals surface area (Å²) in [4.78, 5) is 23.6. The van der Waals surface area contributed by atoms with E-state index in [0.29, 0.717) is 36.8 Å². The van der Waals surface area contributed by atoms with Crippen LogP contribution in [0.4, 0.5) is 11.5 Å². The predicted octanol–water partition coefficient (Wildman–Crippen LogP) is 8.64. The van der Waals surface area contributed by atoms with Gasteiger partial charge in [-0.15, -0.1) is 41.8 Å². The largest absolute Gasteiger partial charge is 0.398 e. The van der Waals surface area contributed by atoms with Gasteiger partial charge in [0.25, 0.3) is 0 Å². The molecular formula is C35H45N5OS2. The molecule has 4 rings (SSSR count). The van der Waals surface area contributed by atoms with Crippen LogP contribution in [0.3, 0.4) is 0 Å². The number of thiophene rings is 2. The predicted molar refractivity (Wildman–Crippen MR) is 189 cm³/mol. The first-order chi connectivity index (χ1) is 20.8. The molecule has 3 heterocycles. The number of aryl methyl sites for hydroxylation is 1. The maximum Gasteiger partial charge on any atom is 0.224 e. The minimum absolute atomic E-state index is 0.0434. The van der Waals surface area contributed by atoms with E-state index in [4.69, 9.17) is 15.7 Å². The van der Waals surface area contributed by atoms with Crippen LogP contribution in [-0.2, 0) is 17.6 Å². The van der Waals surface area contributed by atoms with Crippen LogP contribution >= 0.6 is 22.7 Å². The number of carbonyl (C=O) groups is 1. The smallest absolute Gasteiger partial charge is 0.224 e. The van der Waals surface area contributed by atoms with Crippen LogP contribution in [0.1, 0.15) is 56.3 Å². The first-order valence-corrected chi connectivity index (χ1v) is 15.9. The van der Waals surface area contributed by atoms with Crippen molar-refractivity contribution in [2.24, 2.45) is 11.7 Å². The molecular weight excluding hydrogens is 571 g/mol. The molecule has 0 atom stereocenters. The summed E-state index contributed by atoms with van der Waals surface area (Å²) in [6, 6.07) is 15.8. The number of amides is 1. The molecule has 0 saturated carbocycles. The number of hydrogen-bond donors (Lipinski definition) is 3. The monoisotopic (exact) mass is 615 g/mol. The number of nitrogens with one attached hydrogen (secondary N) is 2. The second-order valence-corrected chi connectivity index (χ2v) is 11.1. The van der Waals surface area contributed by atoms with Crippen molar-refractivity contribution in [1.82, 2.24) is 15.3 Å². The SMILES string of the molecule is C=C.C=C(N)c1cccs1.CC.CC#CCc1c(C)nc(-c2cccs2)nc1Nc1ccc(CC(=O)NCC(C)C)cc1. The third-order valence-electron chi connectivity index (χ3n) is 5.52. The van der Waals surface area contributed by atoms with Crippen molar-refractivity contribution in [2.45, 2.75) is 54.4 Å². The molecule has 0 aliphatic rings. The Morgan fingerprint density at radius 1 is 1.02 bits per heavy atom. The summed E-state index contributed by atoms with van der Waals surface area (Å²) in [5.41, 5.74) is 9.82. The molecule has 0 aliphatic heterocycles. The van der Waals surface area contributed by atoms with Gasteiger partial charge in [0.1, 0.15) is 5.82 Å². The van der Waals surface area contributed by atoms with E-state index < -0.39 is 0 Å². The molecule has 1 aromatic carbocycles. The molecule has 1 amide bonds. The lowest BCUT2D eigenvalue weighted by molar-refractivity contribution is -0.120. The van der Waals surface area contributed by atoms with Crippen molar-refractivity contribution >= 4 is 45.8 Å². The third-order valence-corrected chi connectivity index (χ3v) is 7.34. The molecule has 4 N–H and O–H groups in total. The Bertz CT molecular complexity index is 1430. The number of nitrogens with two attached hydrogens (primary N) is 1. The summed E-state index contributed by atoms with van der Waals surface area (Å²) in [7, 11) is 0. The molecule has 8 heteroatoms. The molecule has 0 aliphatic carbocycles. The lowest BCUT2D eigenvalue weighted by Crippen LogP contribution is -2.28. The van der Waals surface area contributed by atoms with E-state index in [0.717, 1.165) is 38.1 Å². The second-order valence-electron chi connectivity index (χ2n) is 9.24. The van der Waals surface area contributed by atoms with E-state index in [1.165, 1.54) is 0 Å². The highest BCUT2D eigenvalue weighted by atomic mass is 32.1. The lowest BCUT2D eigenvalue weighted by Gasteiger charge is -2.14. The van der Waals surface area contributed by atoms with Gasteiger partial charge in [-0.1, -0.05) is 64.5 Å². The minimum Gasteiger partial charge on any atom is -0.398 e. The summed E-state index contributed by atoms with van der Waals surface area (Å²) >= 11 is 3.22. The van der Waals surface area contributed by atoms with Gasteiger partial charge in [-0.25, -0.2) is 9.97 Å². The number of nitrogens with zero attached hydrogens (tertiary/aromatic N) is 2. The number of hydrogen-bond acceptors (Lipinski definition) is 7. The Labute approximate surface area is 266 Å². The third kappa shape index (κ3) is 13.1. The van der Waals surface area contributed by atoms with Crippen molar-refractivity contribution < 1.29 is 4.79 Å². The fourth-order valence-electron chi connectivity index (χ4n) is 3.47. The van der Waals surface area contributed by atoms with Gasteiger partial charge < -0.3 is 16.4 Å². The maximum atomic E-state index is 12.1. The summed E-state index contributed by atoms with van der Waals surface area (Å²) in [6.45, 7) is 22.3. The Morgan fingerprint density at radius 3 is 2.19 bits per heavy atom. The van der Waals surface area contributed by atoms with E-state index in [1.807, 2.05) is 87.0 Å². The van der Waals surface area contributed by atoms with Crippen LogP contribution in [-0.4, -0.2) is 22.4 Å². The van der Waals surface area contributed by atoms with E-state index in [9.17, 15) is 4.79 Å². The Kier molecular flexibility index (Phi) is 17.7. The molecule has 4 aromatic rings. The van der Waals surface area contributed by atoms with Gasteiger partial charge in [0.15, 0.2) is 5.82 Å². The Balaban J connectivity index is 0.000000651. The highest BCUT2D eigenvalue weighted by molar-refractivity contribution is 7.13. The normalized spacial score (nSPS) is 9.47. The number of benzene rings is 1. The Hall–Kier alpha value is -4.19. The van der Waals surface area contributed by atoms with Crippen LogP contribution in [0.25, 0.3) is 16.4 Å². The van der Waals surface area contributed by atoms with Gasteiger partial charge >= 0.3 is 0 Å². The zero-order valence-electron chi connectivity index (χ0n) is 26.3. The fourth-order valence-corrected chi connectivity index (χ4v) is 4.74. The second kappa shape index (κ2) is 20.6. The van der Waals surface area contributed by atoms with Crippen molar-refractivity contribution in [3.05, 3.63) is 101 Å². The summed E-state index contributed by atoms with van der Waals surface area (Å²) < 4.78 is 0. The van der Waals surface area contributed by atoms with Gasteiger partial charge in [-0.3, -0.25) is 4.79 Å². The summed E-state index contributed by atoms with van der Waals surface area (Å²) in [5.74, 6) is 8.04. The zero-order valence-corrected chi connectivity index (χ0v) is 27.9. The van der Waals surface area contributed by atoms with Gasteiger partial charge in [0, 0.05) is 40.5 Å². The number of anilines is 2. The minimum atomic E-state index is 0.0434. The molecule has 3 aromatic heterocycles. The molecule has 0 spiro atoms. The van der Waals surface area contributed by atoms with Crippen LogP contribution in [0.2, 0.25) is 0 Å². The molecule has 0 bridgehead atoms. The first kappa shape index (κ1) is 36.8. The van der Waals surface area contributed by atoms with Crippen LogP contribution in [0.5, 0.6) is 0 Å². The number of carbonyl (C=O) groups excluding carboxylic acids is 1. The van der Waals surface area contributed by atoms with Crippen LogP contribution < -0.4 is 16.4 Å².